The van der Waals surface area contributed by atoms with Gasteiger partial charge in [0.15, 0.2) is 0 Å². The fourth-order valence-electron chi connectivity index (χ4n) is 1.93. The Morgan fingerprint density at radius 3 is 3.12 bits per heavy atom. The monoisotopic (exact) mass is 238 g/mol. The van der Waals surface area contributed by atoms with Crippen molar-refractivity contribution in [1.29, 1.82) is 0 Å². The molecule has 1 aliphatic heterocycles. The molecule has 0 spiro atoms. The predicted octanol–water partition coefficient (Wildman–Crippen LogP) is 2.75. The summed E-state index contributed by atoms with van der Waals surface area (Å²) in [4.78, 5) is 0. The number of halogens is 1. The molecule has 1 aromatic rings. The third-order valence-electron chi connectivity index (χ3n) is 2.69. The Bertz CT molecular complexity index is 381. The van der Waals surface area contributed by atoms with Crippen molar-refractivity contribution in [2.24, 2.45) is 5.10 Å². The maximum Gasteiger partial charge on any atom is 0.115 e. The summed E-state index contributed by atoms with van der Waals surface area (Å²) < 4.78 is 0. The van der Waals surface area contributed by atoms with Crippen LogP contribution in [-0.2, 0) is 0 Å². The number of phenols is 1. The van der Waals surface area contributed by atoms with Crippen LogP contribution in [0.1, 0.15) is 24.4 Å². The highest BCUT2D eigenvalue weighted by atomic mass is 35.5. The molecular formula is C12H15ClN2O. The van der Waals surface area contributed by atoms with E-state index < -0.39 is 0 Å². The van der Waals surface area contributed by atoms with Gasteiger partial charge in [0.25, 0.3) is 0 Å². The number of phenolic OH excluding ortho intramolecular Hbond substituents is 1. The first kappa shape index (κ1) is 11.3. The first-order chi connectivity index (χ1) is 7.81. The molecule has 1 N–H and O–H groups in total. The average molecular weight is 239 g/mol. The van der Waals surface area contributed by atoms with Crippen LogP contribution in [0.25, 0.3) is 0 Å². The van der Waals surface area contributed by atoms with E-state index in [1.165, 1.54) is 0 Å². The van der Waals surface area contributed by atoms with E-state index >= 15 is 0 Å². The highest BCUT2D eigenvalue weighted by Gasteiger charge is 2.22. The van der Waals surface area contributed by atoms with Crippen LogP contribution in [-0.4, -0.2) is 28.8 Å². The van der Waals surface area contributed by atoms with E-state index in [9.17, 15) is 5.11 Å². The van der Waals surface area contributed by atoms with Crippen LogP contribution in [0.3, 0.4) is 0 Å². The number of rotatable bonds is 4. The number of hydrogen-bond donors (Lipinski definition) is 1. The summed E-state index contributed by atoms with van der Waals surface area (Å²) in [7, 11) is 0. The zero-order valence-electron chi connectivity index (χ0n) is 9.01. The molecule has 0 bridgehead atoms. The van der Waals surface area contributed by atoms with E-state index in [0.29, 0.717) is 11.6 Å². The molecule has 1 aromatic carbocycles. The van der Waals surface area contributed by atoms with E-state index in [4.69, 9.17) is 11.6 Å². The number of alkyl halides is 1. The van der Waals surface area contributed by atoms with Gasteiger partial charge in [-0.15, -0.1) is 11.6 Å². The van der Waals surface area contributed by atoms with Gasteiger partial charge in [-0.05, 0) is 24.1 Å². The maximum absolute atomic E-state index is 9.46. The third kappa shape index (κ3) is 2.47. The molecule has 16 heavy (non-hydrogen) atoms. The summed E-state index contributed by atoms with van der Waals surface area (Å²) in [6.45, 7) is 0.861. The van der Waals surface area contributed by atoms with Crippen molar-refractivity contribution in [2.45, 2.75) is 18.9 Å². The number of nitrogens with zero attached hydrogens (tertiary/aromatic N) is 2. The van der Waals surface area contributed by atoms with Crippen LogP contribution >= 0.6 is 11.6 Å². The molecule has 0 aromatic heterocycles. The molecule has 0 aliphatic carbocycles. The Morgan fingerprint density at radius 2 is 2.38 bits per heavy atom. The van der Waals surface area contributed by atoms with E-state index in [0.717, 1.165) is 24.9 Å². The van der Waals surface area contributed by atoms with Crippen LogP contribution in [0.4, 0.5) is 0 Å². The van der Waals surface area contributed by atoms with Crippen molar-refractivity contribution in [3.05, 3.63) is 29.8 Å². The predicted molar refractivity (Wildman–Crippen MR) is 66.0 cm³/mol. The van der Waals surface area contributed by atoms with E-state index in [-0.39, 0.29) is 6.04 Å². The van der Waals surface area contributed by atoms with Gasteiger partial charge in [-0.2, -0.15) is 5.10 Å². The van der Waals surface area contributed by atoms with Crippen molar-refractivity contribution >= 4 is 17.8 Å². The van der Waals surface area contributed by atoms with Gasteiger partial charge in [0, 0.05) is 25.1 Å². The lowest BCUT2D eigenvalue weighted by atomic mass is 10.0. The highest BCUT2D eigenvalue weighted by Crippen LogP contribution is 2.29. The second-order valence-corrected chi connectivity index (χ2v) is 4.23. The Hall–Kier alpha value is -1.22. The molecule has 0 saturated carbocycles. The first-order valence-electron chi connectivity index (χ1n) is 5.45. The van der Waals surface area contributed by atoms with E-state index in [1.54, 1.807) is 12.1 Å². The normalized spacial score (nSPS) is 19.3. The van der Waals surface area contributed by atoms with Crippen molar-refractivity contribution in [3.8, 4) is 5.75 Å². The molecule has 1 unspecified atom stereocenters. The van der Waals surface area contributed by atoms with Crippen molar-refractivity contribution in [1.82, 2.24) is 5.01 Å². The molecule has 0 amide bonds. The summed E-state index contributed by atoms with van der Waals surface area (Å²) >= 11 is 5.68. The molecule has 0 radical (unpaired) electrons. The van der Waals surface area contributed by atoms with Gasteiger partial charge in [0.2, 0.25) is 0 Å². The Morgan fingerprint density at radius 1 is 1.50 bits per heavy atom. The summed E-state index contributed by atoms with van der Waals surface area (Å²) in [6.07, 6.45) is 3.74. The van der Waals surface area contributed by atoms with Crippen LogP contribution in [0, 0.1) is 0 Å². The molecule has 0 fully saturated rings. The lowest BCUT2D eigenvalue weighted by molar-refractivity contribution is 0.234. The zero-order chi connectivity index (χ0) is 11.4. The minimum absolute atomic E-state index is 0.246. The molecule has 1 atom stereocenters. The minimum Gasteiger partial charge on any atom is -0.508 e. The van der Waals surface area contributed by atoms with Gasteiger partial charge < -0.3 is 5.11 Å². The van der Waals surface area contributed by atoms with Crippen LogP contribution in [0.2, 0.25) is 0 Å². The largest absolute Gasteiger partial charge is 0.508 e. The van der Waals surface area contributed by atoms with Crippen molar-refractivity contribution in [2.75, 3.05) is 12.4 Å². The summed E-state index contributed by atoms with van der Waals surface area (Å²) in [6, 6.07) is 7.61. The average Bonchev–Trinajstić information content (AvgIpc) is 2.74. The second kappa shape index (κ2) is 5.21. The van der Waals surface area contributed by atoms with Gasteiger partial charge in [0.1, 0.15) is 5.75 Å². The van der Waals surface area contributed by atoms with Gasteiger partial charge in [0.05, 0.1) is 6.04 Å². The standard InChI is InChI=1S/C12H15ClN2O/c13-6-2-8-15-12(5-7-14-15)10-3-1-4-11(16)9-10/h1,3-4,7,9,12,16H,2,5-6,8H2. The zero-order valence-corrected chi connectivity index (χ0v) is 9.77. The fourth-order valence-corrected chi connectivity index (χ4v) is 2.05. The topological polar surface area (TPSA) is 35.8 Å². The number of aromatic hydroxyl groups is 1. The summed E-state index contributed by atoms with van der Waals surface area (Å²) in [5.41, 5.74) is 1.10. The Kier molecular flexibility index (Phi) is 3.67. The van der Waals surface area contributed by atoms with Crippen LogP contribution in [0.5, 0.6) is 5.75 Å². The van der Waals surface area contributed by atoms with Crippen LogP contribution < -0.4 is 0 Å². The van der Waals surface area contributed by atoms with Gasteiger partial charge >= 0.3 is 0 Å². The van der Waals surface area contributed by atoms with Crippen molar-refractivity contribution < 1.29 is 5.11 Å². The fraction of sp³-hybridized carbons (Fsp3) is 0.417. The van der Waals surface area contributed by atoms with Gasteiger partial charge in [-0.25, -0.2) is 0 Å². The second-order valence-electron chi connectivity index (χ2n) is 3.85. The third-order valence-corrected chi connectivity index (χ3v) is 2.96. The molecule has 3 nitrogen and oxygen atoms in total. The molecule has 2 rings (SSSR count). The number of benzene rings is 1. The minimum atomic E-state index is 0.246. The Labute approximate surface area is 100 Å². The summed E-state index contributed by atoms with van der Waals surface area (Å²) in [5, 5.41) is 15.8. The number of hydrazone groups is 1. The number of hydrogen-bond acceptors (Lipinski definition) is 3. The molecule has 86 valence electrons. The first-order valence-corrected chi connectivity index (χ1v) is 5.98. The molecule has 0 saturated heterocycles. The van der Waals surface area contributed by atoms with Crippen molar-refractivity contribution in [3.63, 3.8) is 0 Å². The lowest BCUT2D eigenvalue weighted by Crippen LogP contribution is -2.20. The van der Waals surface area contributed by atoms with E-state index in [1.807, 2.05) is 23.4 Å². The smallest absolute Gasteiger partial charge is 0.115 e. The molecule has 1 aliphatic rings. The SMILES string of the molecule is Oc1cccc(C2CC=NN2CCCCl)c1. The molecular weight excluding hydrogens is 224 g/mol. The van der Waals surface area contributed by atoms with E-state index in [2.05, 4.69) is 5.10 Å². The van der Waals surface area contributed by atoms with Gasteiger partial charge in [-0.3, -0.25) is 5.01 Å². The summed E-state index contributed by atoms with van der Waals surface area (Å²) in [5.74, 6) is 0.959. The maximum atomic E-state index is 9.46. The quantitative estimate of drug-likeness (QED) is 0.819. The molecule has 4 heteroatoms. The van der Waals surface area contributed by atoms with Gasteiger partial charge in [-0.1, -0.05) is 12.1 Å². The Balaban J connectivity index is 2.09. The highest BCUT2D eigenvalue weighted by molar-refractivity contribution is 6.17. The van der Waals surface area contributed by atoms with Crippen LogP contribution in [0.15, 0.2) is 29.4 Å². The lowest BCUT2D eigenvalue weighted by Gasteiger charge is -2.23. The molecule has 1 heterocycles.